The summed E-state index contributed by atoms with van der Waals surface area (Å²) in [4.78, 5) is 12.1. The van der Waals surface area contributed by atoms with Crippen LogP contribution in [0.15, 0.2) is 29.2 Å². The van der Waals surface area contributed by atoms with Gasteiger partial charge < -0.3 is 10.1 Å². The molecule has 0 unspecified atom stereocenters. The molecule has 1 aromatic carbocycles. The molecule has 0 saturated heterocycles. The van der Waals surface area contributed by atoms with E-state index in [1.54, 1.807) is 12.1 Å². The van der Waals surface area contributed by atoms with Gasteiger partial charge in [0, 0.05) is 12.6 Å². The Hall–Kier alpha value is -1.60. The minimum Gasteiger partial charge on any atom is -0.484 e. The molecule has 1 aromatic rings. The molecule has 7 heteroatoms. The maximum atomic E-state index is 12.0. The molecule has 0 aliphatic heterocycles. The molecule has 1 fully saturated rings. The van der Waals surface area contributed by atoms with Gasteiger partial charge in [-0.1, -0.05) is 26.2 Å². The van der Waals surface area contributed by atoms with Crippen molar-refractivity contribution in [3.63, 3.8) is 0 Å². The van der Waals surface area contributed by atoms with Crippen LogP contribution in [0.25, 0.3) is 0 Å². The smallest absolute Gasteiger partial charge is 0.258 e. The summed E-state index contributed by atoms with van der Waals surface area (Å²) in [5, 5.41) is 2.98. The number of hydrogen-bond acceptors (Lipinski definition) is 4. The van der Waals surface area contributed by atoms with Gasteiger partial charge in [0.1, 0.15) is 5.75 Å². The number of sulfonamides is 1. The van der Waals surface area contributed by atoms with Crippen LogP contribution in [-0.4, -0.2) is 33.5 Å². The lowest BCUT2D eigenvalue weighted by Crippen LogP contribution is -2.38. The van der Waals surface area contributed by atoms with Gasteiger partial charge in [0.2, 0.25) is 10.0 Å². The van der Waals surface area contributed by atoms with Crippen LogP contribution in [0.4, 0.5) is 0 Å². The molecule has 0 bridgehead atoms. The Labute approximate surface area is 144 Å². The highest BCUT2D eigenvalue weighted by molar-refractivity contribution is 7.89. The number of amides is 1. The van der Waals surface area contributed by atoms with Gasteiger partial charge in [-0.15, -0.1) is 0 Å². The third kappa shape index (κ3) is 5.79. The summed E-state index contributed by atoms with van der Waals surface area (Å²) in [7, 11) is -3.47. The minimum atomic E-state index is -3.47. The molecule has 0 radical (unpaired) electrons. The fourth-order valence-electron chi connectivity index (χ4n) is 2.70. The molecular weight excluding hydrogens is 328 g/mol. The maximum Gasteiger partial charge on any atom is 0.258 e. The van der Waals surface area contributed by atoms with Gasteiger partial charge >= 0.3 is 0 Å². The second-order valence-corrected chi connectivity index (χ2v) is 7.83. The molecule has 0 heterocycles. The van der Waals surface area contributed by atoms with Crippen molar-refractivity contribution < 1.29 is 17.9 Å². The van der Waals surface area contributed by atoms with E-state index in [0.29, 0.717) is 12.3 Å². The van der Waals surface area contributed by atoms with E-state index in [2.05, 4.69) is 10.0 Å². The van der Waals surface area contributed by atoms with Crippen LogP contribution in [0.2, 0.25) is 0 Å². The fraction of sp³-hybridized carbons (Fsp3) is 0.588. The fourth-order valence-corrected chi connectivity index (χ4v) is 3.83. The molecule has 0 atom stereocenters. The van der Waals surface area contributed by atoms with Crippen molar-refractivity contribution in [1.82, 2.24) is 10.0 Å². The van der Waals surface area contributed by atoms with Crippen LogP contribution in [-0.2, 0) is 14.8 Å². The molecular formula is C17H26N2O4S. The molecule has 1 saturated carbocycles. The maximum absolute atomic E-state index is 12.0. The van der Waals surface area contributed by atoms with Gasteiger partial charge in [-0.25, -0.2) is 13.1 Å². The van der Waals surface area contributed by atoms with E-state index in [4.69, 9.17) is 4.74 Å². The zero-order valence-corrected chi connectivity index (χ0v) is 14.9. The average Bonchev–Trinajstić information content (AvgIpc) is 2.59. The summed E-state index contributed by atoms with van der Waals surface area (Å²) in [6.45, 7) is 2.25. The second kappa shape index (κ2) is 9.03. The van der Waals surface area contributed by atoms with Gasteiger partial charge in [0.25, 0.3) is 5.91 Å². The number of ether oxygens (including phenoxy) is 1. The Morgan fingerprint density at radius 2 is 1.83 bits per heavy atom. The van der Waals surface area contributed by atoms with Gasteiger partial charge in [-0.2, -0.15) is 0 Å². The molecule has 1 aliphatic carbocycles. The number of hydrogen-bond donors (Lipinski definition) is 2. The lowest BCUT2D eigenvalue weighted by molar-refractivity contribution is -0.124. The van der Waals surface area contributed by atoms with Crippen LogP contribution in [0.5, 0.6) is 5.75 Å². The first kappa shape index (κ1) is 18.7. The molecule has 0 spiro atoms. The Bertz CT molecular complexity index is 622. The Kier molecular flexibility index (Phi) is 7.05. The van der Waals surface area contributed by atoms with Crippen molar-refractivity contribution in [2.24, 2.45) is 0 Å². The van der Waals surface area contributed by atoms with Crippen LogP contribution in [0.3, 0.4) is 0 Å². The van der Waals surface area contributed by atoms with Crippen molar-refractivity contribution in [3.05, 3.63) is 24.3 Å². The summed E-state index contributed by atoms with van der Waals surface area (Å²) in [5.41, 5.74) is 0. The predicted octanol–water partition coefficient (Wildman–Crippen LogP) is 2.20. The van der Waals surface area contributed by atoms with Crippen molar-refractivity contribution in [2.75, 3.05) is 13.2 Å². The standard InChI is InChI=1S/C17H26N2O4S/c1-2-12-18-24(21,22)16-10-8-15(9-11-16)23-13-17(20)19-14-6-4-3-5-7-14/h8-11,14,18H,2-7,12-13H2,1H3,(H,19,20). The first-order valence-corrected chi connectivity index (χ1v) is 10.0. The highest BCUT2D eigenvalue weighted by Gasteiger charge is 2.16. The summed E-state index contributed by atoms with van der Waals surface area (Å²) in [6.07, 6.45) is 6.36. The molecule has 2 rings (SSSR count). The summed E-state index contributed by atoms with van der Waals surface area (Å²) < 4.78 is 31.9. The SMILES string of the molecule is CCCNS(=O)(=O)c1ccc(OCC(=O)NC2CCCCC2)cc1. The Balaban J connectivity index is 1.82. The van der Waals surface area contributed by atoms with Crippen LogP contribution < -0.4 is 14.8 Å². The molecule has 134 valence electrons. The van der Waals surface area contributed by atoms with E-state index in [0.717, 1.165) is 32.1 Å². The number of rotatable bonds is 8. The molecule has 6 nitrogen and oxygen atoms in total. The van der Waals surface area contributed by atoms with E-state index >= 15 is 0 Å². The van der Waals surface area contributed by atoms with E-state index in [9.17, 15) is 13.2 Å². The van der Waals surface area contributed by atoms with Crippen LogP contribution >= 0.6 is 0 Å². The van der Waals surface area contributed by atoms with Crippen molar-refractivity contribution in [3.8, 4) is 5.75 Å². The predicted molar refractivity (Wildman–Crippen MR) is 92.4 cm³/mol. The molecule has 0 aromatic heterocycles. The first-order valence-electron chi connectivity index (χ1n) is 8.53. The Morgan fingerprint density at radius 3 is 2.46 bits per heavy atom. The number of benzene rings is 1. The van der Waals surface area contributed by atoms with Gasteiger partial charge in [0.05, 0.1) is 4.90 Å². The molecule has 2 N–H and O–H groups in total. The molecule has 24 heavy (non-hydrogen) atoms. The van der Waals surface area contributed by atoms with Gasteiger partial charge in [-0.3, -0.25) is 4.79 Å². The summed E-state index contributed by atoms with van der Waals surface area (Å²) in [5.74, 6) is 0.339. The highest BCUT2D eigenvalue weighted by atomic mass is 32.2. The van der Waals surface area contributed by atoms with E-state index in [1.807, 2.05) is 6.92 Å². The van der Waals surface area contributed by atoms with E-state index < -0.39 is 10.0 Å². The molecule has 1 amide bonds. The lowest BCUT2D eigenvalue weighted by Gasteiger charge is -2.22. The zero-order chi connectivity index (χ0) is 17.4. The largest absolute Gasteiger partial charge is 0.484 e. The number of carbonyl (C=O) groups excluding carboxylic acids is 1. The van der Waals surface area contributed by atoms with Crippen molar-refractivity contribution >= 4 is 15.9 Å². The number of nitrogens with one attached hydrogen (secondary N) is 2. The quantitative estimate of drug-likeness (QED) is 0.749. The van der Waals surface area contributed by atoms with Gasteiger partial charge in [0.15, 0.2) is 6.61 Å². The summed E-state index contributed by atoms with van der Waals surface area (Å²) in [6, 6.07) is 6.34. The topological polar surface area (TPSA) is 84.5 Å². The zero-order valence-electron chi connectivity index (χ0n) is 14.1. The minimum absolute atomic E-state index is 0.0588. The first-order chi connectivity index (χ1) is 11.5. The van der Waals surface area contributed by atoms with Crippen LogP contribution in [0, 0.1) is 0 Å². The van der Waals surface area contributed by atoms with E-state index in [-0.39, 0.29) is 23.5 Å². The Morgan fingerprint density at radius 1 is 1.17 bits per heavy atom. The van der Waals surface area contributed by atoms with E-state index in [1.165, 1.54) is 18.6 Å². The van der Waals surface area contributed by atoms with Gasteiger partial charge in [-0.05, 0) is 43.5 Å². The lowest BCUT2D eigenvalue weighted by atomic mass is 9.95. The number of carbonyl (C=O) groups is 1. The normalized spacial score (nSPS) is 15.9. The highest BCUT2D eigenvalue weighted by Crippen LogP contribution is 2.18. The van der Waals surface area contributed by atoms with Crippen LogP contribution in [0.1, 0.15) is 45.4 Å². The third-order valence-corrected chi connectivity index (χ3v) is 5.49. The third-order valence-electron chi connectivity index (χ3n) is 4.02. The molecule has 1 aliphatic rings. The van der Waals surface area contributed by atoms with Crippen molar-refractivity contribution in [2.45, 2.75) is 56.4 Å². The monoisotopic (exact) mass is 354 g/mol. The summed E-state index contributed by atoms with van der Waals surface area (Å²) >= 11 is 0. The average molecular weight is 354 g/mol. The second-order valence-electron chi connectivity index (χ2n) is 6.06. The van der Waals surface area contributed by atoms with Crippen molar-refractivity contribution in [1.29, 1.82) is 0 Å².